The fourth-order valence-electron chi connectivity index (χ4n) is 3.87. The summed E-state index contributed by atoms with van der Waals surface area (Å²) >= 11 is 4.44. The molecule has 2 rings (SSSR count). The highest BCUT2D eigenvalue weighted by Crippen LogP contribution is 2.17. The van der Waals surface area contributed by atoms with Crippen LogP contribution < -0.4 is 0 Å². The zero-order valence-corrected chi connectivity index (χ0v) is 19.3. The van der Waals surface area contributed by atoms with Gasteiger partial charge in [-0.25, -0.2) is 0 Å². The van der Waals surface area contributed by atoms with Gasteiger partial charge in [-0.2, -0.15) is 0 Å². The van der Waals surface area contributed by atoms with E-state index in [0.717, 1.165) is 24.4 Å². The van der Waals surface area contributed by atoms with E-state index < -0.39 is 0 Å². The standard InChI is InChI=1S/C24H40N4S/c1-2-3-4-5-6-7-8-9-10-11-12-13-14-15-16-19-23-26-27-24(29)28(23)22-18-17-20-25-21-22/h17-18,20-21H,2-16,19H2,1H3,(H,27,29). The van der Waals surface area contributed by atoms with Crippen molar-refractivity contribution in [2.24, 2.45) is 0 Å². The summed E-state index contributed by atoms with van der Waals surface area (Å²) in [4.78, 5) is 4.19. The zero-order chi connectivity index (χ0) is 20.6. The highest BCUT2D eigenvalue weighted by molar-refractivity contribution is 7.80. The largest absolute Gasteiger partial charge is 0.273 e. The molecule has 0 aromatic carbocycles. The molecule has 2 heterocycles. The van der Waals surface area contributed by atoms with Crippen molar-refractivity contribution in [3.8, 4) is 5.69 Å². The van der Waals surface area contributed by atoms with Gasteiger partial charge in [0.25, 0.3) is 0 Å². The lowest BCUT2D eigenvalue weighted by atomic mass is 10.0. The van der Waals surface area contributed by atoms with Crippen molar-refractivity contribution in [3.63, 3.8) is 0 Å². The van der Waals surface area contributed by atoms with Crippen LogP contribution in [0, 0.1) is 0 Å². The van der Waals surface area contributed by atoms with E-state index in [2.05, 4.69) is 34.7 Å². The van der Waals surface area contributed by atoms with E-state index in [0.29, 0.717) is 5.16 Å². The van der Waals surface area contributed by atoms with Gasteiger partial charge in [-0.3, -0.25) is 9.55 Å². The van der Waals surface area contributed by atoms with Gasteiger partial charge in [0, 0.05) is 12.6 Å². The normalized spacial score (nSPS) is 11.2. The predicted octanol–water partition coefficient (Wildman–Crippen LogP) is 7.36. The molecular weight excluding hydrogens is 376 g/mol. The first-order valence-corrected chi connectivity index (χ1v) is 12.3. The Balaban J connectivity index is 1.45. The van der Waals surface area contributed by atoms with Crippen molar-refractivity contribution in [3.05, 3.63) is 30.4 Å². The van der Waals surface area contributed by atoms with Crippen LogP contribution in [-0.2, 0) is 6.42 Å². The topological polar surface area (TPSA) is 43.6 Å². The SMILES string of the molecule is CCCCCCCCCCCCCCCCCc1nnc(S)n1-c1cccnc1. The molecule has 0 saturated carbocycles. The molecule has 0 aliphatic rings. The molecule has 0 unspecified atom stereocenters. The number of unbranched alkanes of at least 4 members (excludes halogenated alkanes) is 14. The molecule has 4 nitrogen and oxygen atoms in total. The van der Waals surface area contributed by atoms with Crippen LogP contribution in [0.1, 0.15) is 109 Å². The van der Waals surface area contributed by atoms with Crippen LogP contribution in [0.3, 0.4) is 0 Å². The van der Waals surface area contributed by atoms with Gasteiger partial charge in [0.15, 0.2) is 5.16 Å². The van der Waals surface area contributed by atoms with Gasteiger partial charge in [0.05, 0.1) is 11.9 Å². The molecule has 29 heavy (non-hydrogen) atoms. The molecule has 0 saturated heterocycles. The van der Waals surface area contributed by atoms with E-state index in [1.807, 2.05) is 22.9 Å². The molecule has 0 atom stereocenters. The van der Waals surface area contributed by atoms with E-state index in [-0.39, 0.29) is 0 Å². The van der Waals surface area contributed by atoms with Crippen LogP contribution in [0.2, 0.25) is 0 Å². The first-order valence-electron chi connectivity index (χ1n) is 11.9. The second-order valence-electron chi connectivity index (χ2n) is 8.16. The van der Waals surface area contributed by atoms with Crippen molar-refractivity contribution in [1.29, 1.82) is 0 Å². The number of thiol groups is 1. The van der Waals surface area contributed by atoms with Crippen molar-refractivity contribution in [2.75, 3.05) is 0 Å². The summed E-state index contributed by atoms with van der Waals surface area (Å²) in [6.07, 6.45) is 25.3. The molecule has 0 aliphatic carbocycles. The molecule has 2 aromatic rings. The fraction of sp³-hybridized carbons (Fsp3) is 0.708. The van der Waals surface area contributed by atoms with Gasteiger partial charge in [0.1, 0.15) is 5.82 Å². The van der Waals surface area contributed by atoms with Gasteiger partial charge >= 0.3 is 0 Å². The lowest BCUT2D eigenvalue weighted by Gasteiger charge is -2.07. The van der Waals surface area contributed by atoms with Crippen LogP contribution in [-0.4, -0.2) is 19.7 Å². The van der Waals surface area contributed by atoms with Crippen LogP contribution in [0.25, 0.3) is 5.69 Å². The van der Waals surface area contributed by atoms with E-state index in [4.69, 9.17) is 0 Å². The lowest BCUT2D eigenvalue weighted by Crippen LogP contribution is -2.02. The van der Waals surface area contributed by atoms with Crippen molar-refractivity contribution < 1.29 is 0 Å². The minimum absolute atomic E-state index is 0.633. The van der Waals surface area contributed by atoms with E-state index in [1.54, 1.807) is 6.20 Å². The average Bonchev–Trinajstić information content (AvgIpc) is 3.11. The molecule has 162 valence electrons. The van der Waals surface area contributed by atoms with Gasteiger partial charge in [-0.05, 0) is 18.6 Å². The zero-order valence-electron chi connectivity index (χ0n) is 18.4. The van der Waals surface area contributed by atoms with E-state index in [9.17, 15) is 0 Å². The maximum absolute atomic E-state index is 4.44. The lowest BCUT2D eigenvalue weighted by molar-refractivity contribution is 0.531. The smallest absolute Gasteiger partial charge is 0.192 e. The monoisotopic (exact) mass is 416 g/mol. The highest BCUT2D eigenvalue weighted by atomic mass is 32.1. The molecule has 0 radical (unpaired) electrons. The third-order valence-corrected chi connectivity index (χ3v) is 5.91. The Labute approximate surface area is 183 Å². The summed E-state index contributed by atoms with van der Waals surface area (Å²) in [6.45, 7) is 2.29. The molecule has 0 aliphatic heterocycles. The highest BCUT2D eigenvalue weighted by Gasteiger charge is 2.11. The predicted molar refractivity (Wildman–Crippen MR) is 125 cm³/mol. The van der Waals surface area contributed by atoms with Gasteiger partial charge in [0.2, 0.25) is 0 Å². The maximum Gasteiger partial charge on any atom is 0.192 e. The Morgan fingerprint density at radius 1 is 0.759 bits per heavy atom. The Morgan fingerprint density at radius 2 is 1.31 bits per heavy atom. The molecule has 0 fully saturated rings. The van der Waals surface area contributed by atoms with Gasteiger partial charge in [-0.15, -0.1) is 22.8 Å². The number of rotatable bonds is 17. The van der Waals surface area contributed by atoms with Crippen LogP contribution in [0.15, 0.2) is 29.7 Å². The first kappa shape index (κ1) is 23.9. The Morgan fingerprint density at radius 3 is 1.83 bits per heavy atom. The Kier molecular flexibility index (Phi) is 12.8. The molecule has 2 aromatic heterocycles. The Bertz CT molecular complexity index is 642. The number of hydrogen-bond acceptors (Lipinski definition) is 4. The third-order valence-electron chi connectivity index (χ3n) is 5.62. The van der Waals surface area contributed by atoms with Gasteiger partial charge in [-0.1, -0.05) is 96.8 Å². The summed E-state index contributed by atoms with van der Waals surface area (Å²) in [6, 6.07) is 3.95. The summed E-state index contributed by atoms with van der Waals surface area (Å²) in [7, 11) is 0. The molecule has 0 N–H and O–H groups in total. The molecule has 0 amide bonds. The second kappa shape index (κ2) is 15.5. The summed E-state index contributed by atoms with van der Waals surface area (Å²) in [5.41, 5.74) is 0.985. The van der Waals surface area contributed by atoms with Crippen molar-refractivity contribution in [2.45, 2.75) is 115 Å². The number of hydrogen-bond donors (Lipinski definition) is 1. The summed E-state index contributed by atoms with van der Waals surface area (Å²) < 4.78 is 2.00. The molecule has 0 spiro atoms. The quantitative estimate of drug-likeness (QED) is 0.216. The second-order valence-corrected chi connectivity index (χ2v) is 8.56. The van der Waals surface area contributed by atoms with Crippen LogP contribution >= 0.6 is 12.6 Å². The fourth-order valence-corrected chi connectivity index (χ4v) is 4.15. The third kappa shape index (κ3) is 9.79. The molecule has 0 bridgehead atoms. The number of aromatic nitrogens is 4. The number of pyridine rings is 1. The molecule has 5 heteroatoms. The minimum Gasteiger partial charge on any atom is -0.273 e. The number of aryl methyl sites for hydroxylation is 1. The van der Waals surface area contributed by atoms with Crippen molar-refractivity contribution in [1.82, 2.24) is 19.7 Å². The van der Waals surface area contributed by atoms with Crippen LogP contribution in [0.5, 0.6) is 0 Å². The first-order chi connectivity index (χ1) is 14.3. The molecular formula is C24H40N4S. The van der Waals surface area contributed by atoms with Crippen molar-refractivity contribution >= 4 is 12.6 Å². The van der Waals surface area contributed by atoms with E-state index >= 15 is 0 Å². The average molecular weight is 417 g/mol. The summed E-state index contributed by atoms with van der Waals surface area (Å²) in [5, 5.41) is 9.07. The van der Waals surface area contributed by atoms with E-state index in [1.165, 1.54) is 89.9 Å². The maximum atomic E-state index is 4.44. The van der Waals surface area contributed by atoms with Crippen LogP contribution in [0.4, 0.5) is 0 Å². The Hall–Kier alpha value is -1.36. The summed E-state index contributed by atoms with van der Waals surface area (Å²) in [5.74, 6) is 0.984. The minimum atomic E-state index is 0.633. The van der Waals surface area contributed by atoms with Gasteiger partial charge < -0.3 is 0 Å². The number of nitrogens with zero attached hydrogens (tertiary/aromatic N) is 4.